The molecule has 4 unspecified atom stereocenters. The zero-order valence-electron chi connectivity index (χ0n) is 11.7. The Balaban J connectivity index is 1.74. The lowest BCUT2D eigenvalue weighted by molar-refractivity contribution is -0.127. The number of halogens is 2. The third kappa shape index (κ3) is 1.77. The number of epoxide rings is 1. The molecule has 3 nitrogen and oxygen atoms in total. The molecule has 1 spiro atoms. The van der Waals surface area contributed by atoms with Gasteiger partial charge in [0.25, 0.3) is 0 Å². The molecule has 1 heterocycles. The van der Waals surface area contributed by atoms with Crippen LogP contribution in [-0.2, 0) is 9.53 Å². The number of hydrogen-bond acceptors (Lipinski definition) is 3. The molecule has 4 atom stereocenters. The Labute approximate surface area is 130 Å². The van der Waals surface area contributed by atoms with E-state index in [1.165, 1.54) is 6.07 Å². The zero-order chi connectivity index (χ0) is 14.8. The van der Waals surface area contributed by atoms with Crippen LogP contribution in [0.1, 0.15) is 37.9 Å². The average Bonchev–Trinajstić information content (AvgIpc) is 2.85. The molecule has 0 radical (unpaired) electrons. The molecule has 0 aromatic heterocycles. The van der Waals surface area contributed by atoms with Crippen molar-refractivity contribution in [3.63, 3.8) is 0 Å². The first-order valence-electron chi connectivity index (χ1n) is 7.41. The predicted molar refractivity (Wildman–Crippen MR) is 77.7 cm³/mol. The summed E-state index contributed by atoms with van der Waals surface area (Å²) in [6, 6.07) is 3.15. The van der Waals surface area contributed by atoms with Crippen molar-refractivity contribution in [3.05, 3.63) is 28.0 Å². The van der Waals surface area contributed by atoms with Gasteiger partial charge in [-0.05, 0) is 44.2 Å². The molecule has 5 heteroatoms. The van der Waals surface area contributed by atoms with Crippen LogP contribution in [0.5, 0.6) is 5.75 Å². The largest absolute Gasteiger partial charge is 0.493 e. The molecular weight excluding hydrogens is 339 g/mol. The molecule has 2 bridgehead atoms. The number of hydrogen-bond donors (Lipinski definition) is 0. The van der Waals surface area contributed by atoms with Crippen LogP contribution in [0.25, 0.3) is 0 Å². The quantitative estimate of drug-likeness (QED) is 0.775. The lowest BCUT2D eigenvalue weighted by Crippen LogP contribution is -2.32. The molecule has 1 aromatic carbocycles. The van der Waals surface area contributed by atoms with Gasteiger partial charge in [-0.15, -0.1) is 0 Å². The van der Waals surface area contributed by atoms with Gasteiger partial charge in [0.2, 0.25) is 0 Å². The van der Waals surface area contributed by atoms with Crippen LogP contribution < -0.4 is 4.74 Å². The standard InChI is InChI=1S/C16H16BrFO3/c1-2-20-12-7-10(17)6-11(18)13(12)15-16(21-15)9-4-3-8(5-9)14(16)19/h6-9,15H,2-5H2,1H3. The second kappa shape index (κ2) is 4.53. The monoisotopic (exact) mass is 354 g/mol. The molecule has 2 aliphatic carbocycles. The molecule has 21 heavy (non-hydrogen) atoms. The second-order valence-corrected chi connectivity index (χ2v) is 7.01. The van der Waals surface area contributed by atoms with E-state index in [2.05, 4.69) is 15.9 Å². The minimum atomic E-state index is -0.760. The lowest BCUT2D eigenvalue weighted by Gasteiger charge is -2.18. The highest BCUT2D eigenvalue weighted by Gasteiger charge is 2.74. The van der Waals surface area contributed by atoms with Crippen molar-refractivity contribution in [2.75, 3.05) is 6.61 Å². The van der Waals surface area contributed by atoms with Crippen molar-refractivity contribution in [1.82, 2.24) is 0 Å². The van der Waals surface area contributed by atoms with Gasteiger partial charge in [-0.1, -0.05) is 15.9 Å². The SMILES string of the molecule is CCOc1cc(Br)cc(F)c1C1OC12C(=O)C1CCC2C1. The smallest absolute Gasteiger partial charge is 0.171 e. The highest BCUT2D eigenvalue weighted by Crippen LogP contribution is 2.67. The number of benzene rings is 1. The molecule has 3 fully saturated rings. The van der Waals surface area contributed by atoms with E-state index < -0.39 is 11.7 Å². The summed E-state index contributed by atoms with van der Waals surface area (Å²) in [6.45, 7) is 2.30. The van der Waals surface area contributed by atoms with Crippen LogP contribution in [0.3, 0.4) is 0 Å². The van der Waals surface area contributed by atoms with E-state index in [-0.39, 0.29) is 23.4 Å². The van der Waals surface area contributed by atoms with Crippen molar-refractivity contribution in [2.24, 2.45) is 11.8 Å². The molecule has 112 valence electrons. The first-order chi connectivity index (χ1) is 10.1. The summed E-state index contributed by atoms with van der Waals surface area (Å²) >= 11 is 3.28. The van der Waals surface area contributed by atoms with Gasteiger partial charge in [-0.25, -0.2) is 4.39 Å². The maximum atomic E-state index is 14.4. The van der Waals surface area contributed by atoms with E-state index in [1.807, 2.05) is 6.92 Å². The van der Waals surface area contributed by atoms with Gasteiger partial charge >= 0.3 is 0 Å². The van der Waals surface area contributed by atoms with E-state index in [9.17, 15) is 9.18 Å². The fourth-order valence-corrected chi connectivity index (χ4v) is 4.56. The summed E-state index contributed by atoms with van der Waals surface area (Å²) in [6.07, 6.45) is 2.39. The van der Waals surface area contributed by atoms with Crippen molar-refractivity contribution in [3.8, 4) is 5.75 Å². The fourth-order valence-electron chi connectivity index (χ4n) is 4.15. The summed E-state index contributed by atoms with van der Waals surface area (Å²) in [4.78, 5) is 12.5. The minimum absolute atomic E-state index is 0.119. The number of carbonyl (C=O) groups is 1. The van der Waals surface area contributed by atoms with Gasteiger partial charge in [0.1, 0.15) is 17.7 Å². The minimum Gasteiger partial charge on any atom is -0.493 e. The van der Waals surface area contributed by atoms with Crippen molar-refractivity contribution < 1.29 is 18.7 Å². The Morgan fingerprint density at radius 1 is 1.48 bits per heavy atom. The predicted octanol–water partition coefficient (Wildman–Crippen LogP) is 3.80. The van der Waals surface area contributed by atoms with Crippen LogP contribution >= 0.6 is 15.9 Å². The molecule has 0 N–H and O–H groups in total. The summed E-state index contributed by atoms with van der Waals surface area (Å²) < 4.78 is 26.4. The van der Waals surface area contributed by atoms with Gasteiger partial charge in [-0.2, -0.15) is 0 Å². The maximum Gasteiger partial charge on any atom is 0.171 e. The van der Waals surface area contributed by atoms with Crippen molar-refractivity contribution >= 4 is 21.7 Å². The molecule has 0 amide bonds. The van der Waals surface area contributed by atoms with Crippen molar-refractivity contribution in [1.29, 1.82) is 0 Å². The number of ether oxygens (including phenoxy) is 2. The van der Waals surface area contributed by atoms with Gasteiger partial charge < -0.3 is 9.47 Å². The first-order valence-corrected chi connectivity index (χ1v) is 8.21. The Morgan fingerprint density at radius 3 is 2.95 bits per heavy atom. The summed E-state index contributed by atoms with van der Waals surface area (Å²) in [5.74, 6) is 0.646. The van der Waals surface area contributed by atoms with Gasteiger partial charge in [0.15, 0.2) is 11.4 Å². The summed E-state index contributed by atoms with van der Waals surface area (Å²) in [5.41, 5.74) is -0.357. The molecule has 1 saturated heterocycles. The Bertz CT molecular complexity index is 632. The number of Topliss-reactive ketones (excluding diaryl/α,β-unsaturated/α-hetero) is 1. The maximum absolute atomic E-state index is 14.4. The van der Waals surface area contributed by atoms with E-state index in [4.69, 9.17) is 9.47 Å². The number of ketones is 1. The molecule has 3 aliphatic rings. The summed E-state index contributed by atoms with van der Waals surface area (Å²) in [5, 5.41) is 0. The van der Waals surface area contributed by atoms with Gasteiger partial charge in [-0.3, -0.25) is 4.79 Å². The fraction of sp³-hybridized carbons (Fsp3) is 0.562. The van der Waals surface area contributed by atoms with Crippen LogP contribution in [0, 0.1) is 17.7 Å². The van der Waals surface area contributed by atoms with Gasteiger partial charge in [0, 0.05) is 10.4 Å². The Morgan fingerprint density at radius 2 is 2.29 bits per heavy atom. The van der Waals surface area contributed by atoms with Crippen LogP contribution in [0.4, 0.5) is 4.39 Å². The normalized spacial score (nSPS) is 36.5. The van der Waals surface area contributed by atoms with Crippen LogP contribution in [0.15, 0.2) is 16.6 Å². The average molecular weight is 355 g/mol. The molecule has 2 saturated carbocycles. The third-order valence-corrected chi connectivity index (χ3v) is 5.52. The number of carbonyl (C=O) groups excluding carboxylic acids is 1. The third-order valence-electron chi connectivity index (χ3n) is 5.06. The molecule has 1 aromatic rings. The van der Waals surface area contributed by atoms with Crippen LogP contribution in [-0.4, -0.2) is 18.0 Å². The summed E-state index contributed by atoms with van der Waals surface area (Å²) in [7, 11) is 0. The zero-order valence-corrected chi connectivity index (χ0v) is 13.3. The number of fused-ring (bicyclic) bond motifs is 3. The van der Waals surface area contributed by atoms with Crippen molar-refractivity contribution in [2.45, 2.75) is 37.9 Å². The molecular formula is C16H16BrFO3. The molecule has 4 rings (SSSR count). The van der Waals surface area contributed by atoms with Gasteiger partial charge in [0.05, 0.1) is 12.2 Å². The van der Waals surface area contributed by atoms with E-state index >= 15 is 0 Å². The Hall–Kier alpha value is -0.940. The van der Waals surface area contributed by atoms with Crippen LogP contribution in [0.2, 0.25) is 0 Å². The first kappa shape index (κ1) is 13.7. The Kier molecular flexibility index (Phi) is 2.95. The van der Waals surface area contributed by atoms with E-state index in [0.717, 1.165) is 19.3 Å². The highest BCUT2D eigenvalue weighted by atomic mass is 79.9. The van der Waals surface area contributed by atoms with E-state index in [1.54, 1.807) is 6.07 Å². The number of rotatable bonds is 3. The second-order valence-electron chi connectivity index (χ2n) is 6.09. The lowest BCUT2D eigenvalue weighted by atomic mass is 9.82. The highest BCUT2D eigenvalue weighted by molar-refractivity contribution is 9.10. The topological polar surface area (TPSA) is 38.8 Å². The molecule has 1 aliphatic heterocycles. The van der Waals surface area contributed by atoms with E-state index in [0.29, 0.717) is 22.4 Å².